The van der Waals surface area contributed by atoms with Crippen molar-refractivity contribution < 1.29 is 4.79 Å². The van der Waals surface area contributed by atoms with Crippen molar-refractivity contribution in [2.75, 3.05) is 26.2 Å². The van der Waals surface area contributed by atoms with Gasteiger partial charge in [0, 0.05) is 55.8 Å². The number of Topliss-reactive ketones (excluding diaryl/α,β-unsaturated/α-hetero) is 1. The average Bonchev–Trinajstić information content (AvgIpc) is 3.59. The summed E-state index contributed by atoms with van der Waals surface area (Å²) in [6, 6.07) is 8.19. The molecule has 1 aliphatic rings. The molecule has 0 saturated carbocycles. The predicted octanol–water partition coefficient (Wildman–Crippen LogP) is 6.91. The predicted molar refractivity (Wildman–Crippen MR) is 158 cm³/mol. The second-order valence-electron chi connectivity index (χ2n) is 11.6. The molecule has 1 aromatic carbocycles. The molecule has 2 heterocycles. The lowest BCUT2D eigenvalue weighted by molar-refractivity contribution is 0.0978. The fourth-order valence-electron chi connectivity index (χ4n) is 4.74. The lowest BCUT2D eigenvalue weighted by atomic mass is 10.0. The number of H-pyrrole nitrogens is 1. The highest BCUT2D eigenvalue weighted by Crippen LogP contribution is 2.15. The van der Waals surface area contributed by atoms with E-state index >= 15 is 0 Å². The highest BCUT2D eigenvalue weighted by Gasteiger charge is 2.14. The Morgan fingerprint density at radius 3 is 2.24 bits per heavy atom. The molecule has 2 aromatic rings. The van der Waals surface area contributed by atoms with Gasteiger partial charge in [-0.2, -0.15) is 0 Å². The van der Waals surface area contributed by atoms with Crippen LogP contribution in [0.1, 0.15) is 94.4 Å². The molecule has 0 radical (unpaired) electrons. The summed E-state index contributed by atoms with van der Waals surface area (Å²) in [7, 11) is 0. The number of carbonyl (C=O) groups excluding carboxylic acids is 1. The molecule has 6 heteroatoms. The van der Waals surface area contributed by atoms with Crippen LogP contribution in [-0.2, 0) is 13.1 Å². The topological polar surface area (TPSA) is 64.6 Å². The Hall–Kier alpha value is -2.57. The van der Waals surface area contributed by atoms with E-state index in [1.807, 2.05) is 24.5 Å². The van der Waals surface area contributed by atoms with Gasteiger partial charge in [0.1, 0.15) is 5.82 Å². The number of benzene rings is 1. The van der Waals surface area contributed by atoms with E-state index in [-0.39, 0.29) is 5.78 Å². The monoisotopic (exact) mass is 519 g/mol. The van der Waals surface area contributed by atoms with Crippen molar-refractivity contribution in [3.63, 3.8) is 0 Å². The Bertz CT molecular complexity index is 979. The van der Waals surface area contributed by atoms with Crippen LogP contribution in [0, 0.1) is 11.8 Å². The molecule has 0 unspecified atom stereocenters. The largest absolute Gasteiger partial charge is 0.348 e. The van der Waals surface area contributed by atoms with Crippen molar-refractivity contribution >= 4 is 11.5 Å². The molecule has 0 amide bonds. The second-order valence-corrected chi connectivity index (χ2v) is 11.6. The van der Waals surface area contributed by atoms with Crippen LogP contribution in [-0.4, -0.2) is 57.4 Å². The number of unbranched alkanes of at least 4 members (excludes halogenated alkanes) is 2. The zero-order valence-corrected chi connectivity index (χ0v) is 24.2. The number of hydrogen-bond acceptors (Lipinski definition) is 5. The first-order valence-electron chi connectivity index (χ1n) is 14.6. The van der Waals surface area contributed by atoms with Crippen molar-refractivity contribution in [2.45, 2.75) is 85.7 Å². The third-order valence-corrected chi connectivity index (χ3v) is 7.16. The van der Waals surface area contributed by atoms with Gasteiger partial charge in [-0.25, -0.2) is 4.98 Å². The number of aromatic amines is 1. The molecule has 0 aliphatic carbocycles. The minimum absolute atomic E-state index is 0.256. The number of aliphatic imine (C=N–C) groups is 1. The molecule has 0 bridgehead atoms. The molecule has 0 saturated heterocycles. The molecule has 38 heavy (non-hydrogen) atoms. The van der Waals surface area contributed by atoms with E-state index in [1.165, 1.54) is 43.6 Å². The standard InChI is InChI=1S/C32H49N5O/c1-26(2)15-21-36(22-16-27(3)4)20-7-5-6-10-31(38)29-13-11-28(12-14-29)23-37(24-30-9-8-17-33-30)25-32-34-18-19-35-32/h8,11-14,17-19,26-27H,5-7,9-10,15-16,20-25H2,1-4H3,(H,34,35). The number of aromatic nitrogens is 2. The van der Waals surface area contributed by atoms with Crippen molar-refractivity contribution in [1.82, 2.24) is 19.8 Å². The van der Waals surface area contributed by atoms with Gasteiger partial charge in [0.15, 0.2) is 5.78 Å². The number of ketones is 1. The summed E-state index contributed by atoms with van der Waals surface area (Å²) in [4.78, 5) is 29.9. The molecule has 1 aliphatic heterocycles. The normalized spacial score (nSPS) is 13.4. The van der Waals surface area contributed by atoms with Gasteiger partial charge in [-0.15, -0.1) is 0 Å². The summed E-state index contributed by atoms with van der Waals surface area (Å²) in [6.45, 7) is 15.1. The average molecular weight is 520 g/mol. The maximum Gasteiger partial charge on any atom is 0.162 e. The molecule has 0 spiro atoms. The summed E-state index contributed by atoms with van der Waals surface area (Å²) in [5, 5.41) is 0. The van der Waals surface area contributed by atoms with Gasteiger partial charge in [0.05, 0.1) is 6.54 Å². The zero-order chi connectivity index (χ0) is 27.2. The molecule has 1 aromatic heterocycles. The zero-order valence-electron chi connectivity index (χ0n) is 24.2. The van der Waals surface area contributed by atoms with Crippen molar-refractivity contribution in [3.05, 3.63) is 65.9 Å². The number of hydrogen-bond donors (Lipinski definition) is 1. The van der Waals surface area contributed by atoms with Crippen LogP contribution in [0.3, 0.4) is 0 Å². The van der Waals surface area contributed by atoms with Gasteiger partial charge in [-0.1, -0.05) is 64.5 Å². The fourth-order valence-corrected chi connectivity index (χ4v) is 4.74. The van der Waals surface area contributed by atoms with Crippen molar-refractivity contribution in [2.24, 2.45) is 16.8 Å². The van der Waals surface area contributed by atoms with Crippen LogP contribution in [0.5, 0.6) is 0 Å². The van der Waals surface area contributed by atoms with Crippen LogP contribution in [0.15, 0.2) is 53.9 Å². The van der Waals surface area contributed by atoms with E-state index in [4.69, 9.17) is 0 Å². The molecule has 1 N–H and O–H groups in total. The maximum atomic E-state index is 12.8. The lowest BCUT2D eigenvalue weighted by Crippen LogP contribution is -2.29. The van der Waals surface area contributed by atoms with E-state index in [2.05, 4.69) is 70.7 Å². The summed E-state index contributed by atoms with van der Waals surface area (Å²) in [5.74, 6) is 2.70. The number of nitrogens with one attached hydrogen (secondary N) is 1. The summed E-state index contributed by atoms with van der Waals surface area (Å²) >= 11 is 0. The van der Waals surface area contributed by atoms with E-state index in [9.17, 15) is 4.79 Å². The Morgan fingerprint density at radius 1 is 0.895 bits per heavy atom. The van der Waals surface area contributed by atoms with Gasteiger partial charge >= 0.3 is 0 Å². The minimum atomic E-state index is 0.256. The molecular weight excluding hydrogens is 470 g/mol. The van der Waals surface area contributed by atoms with Crippen LogP contribution in [0.2, 0.25) is 0 Å². The SMILES string of the molecule is CC(C)CCN(CCCCCC(=O)c1ccc(CN(CC2=NC=CC2)Cc2ncc[nH]2)cc1)CCC(C)C. The van der Waals surface area contributed by atoms with Crippen molar-refractivity contribution in [3.8, 4) is 0 Å². The second kappa shape index (κ2) is 16.4. The molecule has 0 atom stereocenters. The van der Waals surface area contributed by atoms with Gasteiger partial charge in [0.25, 0.3) is 0 Å². The number of carbonyl (C=O) groups is 1. The highest BCUT2D eigenvalue weighted by atomic mass is 16.1. The number of nitrogens with zero attached hydrogens (tertiary/aromatic N) is 4. The van der Waals surface area contributed by atoms with Gasteiger partial charge in [-0.3, -0.25) is 14.7 Å². The number of allylic oxidation sites excluding steroid dienone is 1. The van der Waals surface area contributed by atoms with Gasteiger partial charge in [-0.05, 0) is 62.7 Å². The third kappa shape index (κ3) is 11.4. The van der Waals surface area contributed by atoms with Gasteiger partial charge < -0.3 is 9.88 Å². The Kier molecular flexibility index (Phi) is 12.9. The molecule has 208 valence electrons. The first-order chi connectivity index (χ1) is 18.4. The van der Waals surface area contributed by atoms with Crippen LogP contribution < -0.4 is 0 Å². The van der Waals surface area contributed by atoms with Crippen LogP contribution >= 0.6 is 0 Å². The molecular formula is C32H49N5O. The Balaban J connectivity index is 1.41. The highest BCUT2D eigenvalue weighted by molar-refractivity contribution is 5.96. The molecule has 0 fully saturated rings. The summed E-state index contributed by atoms with van der Waals surface area (Å²) in [5.41, 5.74) is 3.19. The molecule has 3 rings (SSSR count). The number of imidazole rings is 1. The Morgan fingerprint density at radius 2 is 1.63 bits per heavy atom. The number of rotatable bonds is 19. The minimum Gasteiger partial charge on any atom is -0.348 e. The van der Waals surface area contributed by atoms with E-state index in [0.29, 0.717) is 6.42 Å². The van der Waals surface area contributed by atoms with Crippen LogP contribution in [0.4, 0.5) is 0 Å². The smallest absolute Gasteiger partial charge is 0.162 e. The summed E-state index contributed by atoms with van der Waals surface area (Å²) < 4.78 is 0. The first kappa shape index (κ1) is 30.0. The lowest BCUT2D eigenvalue weighted by Gasteiger charge is -2.24. The third-order valence-electron chi connectivity index (χ3n) is 7.16. The fraction of sp³-hybridized carbons (Fsp3) is 0.594. The Labute approximate surface area is 230 Å². The van der Waals surface area contributed by atoms with E-state index in [1.54, 1.807) is 6.20 Å². The van der Waals surface area contributed by atoms with E-state index < -0.39 is 0 Å². The first-order valence-corrected chi connectivity index (χ1v) is 14.6. The van der Waals surface area contributed by atoms with Crippen LogP contribution in [0.25, 0.3) is 0 Å². The molecule has 6 nitrogen and oxygen atoms in total. The van der Waals surface area contributed by atoms with Crippen molar-refractivity contribution in [1.29, 1.82) is 0 Å². The van der Waals surface area contributed by atoms with E-state index in [0.717, 1.165) is 68.7 Å². The summed E-state index contributed by atoms with van der Waals surface area (Å²) in [6.07, 6.45) is 15.0. The van der Waals surface area contributed by atoms with Gasteiger partial charge in [0.2, 0.25) is 0 Å². The quantitative estimate of drug-likeness (QED) is 0.162. The maximum absolute atomic E-state index is 12.8.